The number of rotatable bonds is 4. The predicted octanol–water partition coefficient (Wildman–Crippen LogP) is 1.29. The maximum absolute atomic E-state index is 12.6. The van der Waals surface area contributed by atoms with Crippen LogP contribution < -0.4 is 10.0 Å². The van der Waals surface area contributed by atoms with Crippen LogP contribution >= 0.6 is 0 Å². The molecule has 149 valence electrons. The molecule has 1 aromatic carbocycles. The topological polar surface area (TPSA) is 81.8 Å². The molecule has 1 fully saturated rings. The second kappa shape index (κ2) is 9.01. The molecule has 3 aliphatic rings. The van der Waals surface area contributed by atoms with Gasteiger partial charge in [0.25, 0.3) is 0 Å². The first-order chi connectivity index (χ1) is 12.8. The molecule has 1 radical (unpaired) electrons. The summed E-state index contributed by atoms with van der Waals surface area (Å²) in [5.41, 5.74) is 5.84. The molecule has 1 atom stereocenters. The number of amides is 2. The van der Waals surface area contributed by atoms with E-state index in [0.29, 0.717) is 6.54 Å². The molecule has 2 aliphatic carbocycles. The standard InChI is InChI=1S/C19H28N4O3S.K/c1-22-10-9-15(12-22)23(2)27(25,26)21-19(24)20-18-16-7-3-5-13(16)11-14-6-4-8-17(14)18;/h11,15H,3-10,12H2,1-2H3,(H2,20,21,24);/t15-;/m1./s1. The van der Waals surface area contributed by atoms with Crippen LogP contribution in [0.4, 0.5) is 10.5 Å². The number of urea groups is 1. The molecule has 1 heterocycles. The first-order valence-electron chi connectivity index (χ1n) is 9.77. The average molecular weight is 432 g/mol. The van der Waals surface area contributed by atoms with Crippen LogP contribution in [-0.4, -0.2) is 108 Å². The zero-order valence-corrected chi connectivity index (χ0v) is 21.0. The van der Waals surface area contributed by atoms with Crippen molar-refractivity contribution in [2.24, 2.45) is 0 Å². The van der Waals surface area contributed by atoms with Crippen molar-refractivity contribution in [3.63, 3.8) is 0 Å². The van der Waals surface area contributed by atoms with Crippen LogP contribution in [0.2, 0.25) is 0 Å². The molecule has 0 saturated carbocycles. The Bertz CT molecular complexity index is 842. The molecular formula is C19H28KN4O3S. The van der Waals surface area contributed by atoms with E-state index in [1.54, 1.807) is 0 Å². The molecule has 1 aromatic rings. The SMILES string of the molecule is CN1CC[C@@H](N(C)S(=O)(=O)NC(=O)Nc2c3c(cc4c2CCC4)CCC3)C1.[K]. The number of carbonyl (C=O) groups is 1. The third-order valence-electron chi connectivity index (χ3n) is 6.19. The average Bonchev–Trinajstić information content (AvgIpc) is 3.33. The van der Waals surface area contributed by atoms with Gasteiger partial charge in [-0.3, -0.25) is 0 Å². The number of aryl methyl sites for hydroxylation is 2. The fraction of sp³-hybridized carbons (Fsp3) is 0.632. The van der Waals surface area contributed by atoms with Crippen molar-refractivity contribution in [1.82, 2.24) is 13.9 Å². The second-order valence-electron chi connectivity index (χ2n) is 8.02. The van der Waals surface area contributed by atoms with Crippen molar-refractivity contribution in [1.29, 1.82) is 0 Å². The van der Waals surface area contributed by atoms with Crippen LogP contribution in [-0.2, 0) is 35.9 Å². The maximum Gasteiger partial charge on any atom is 0.333 e. The van der Waals surface area contributed by atoms with Gasteiger partial charge in [0.15, 0.2) is 0 Å². The van der Waals surface area contributed by atoms with Crippen molar-refractivity contribution in [2.75, 3.05) is 32.5 Å². The predicted molar refractivity (Wildman–Crippen MR) is 111 cm³/mol. The largest absolute Gasteiger partial charge is 0.333 e. The Hall–Kier alpha value is -0.00364. The summed E-state index contributed by atoms with van der Waals surface area (Å²) in [5.74, 6) is 0. The van der Waals surface area contributed by atoms with Gasteiger partial charge in [0.1, 0.15) is 0 Å². The Labute approximate surface area is 210 Å². The minimum absolute atomic E-state index is 0. The molecule has 7 nitrogen and oxygen atoms in total. The zero-order chi connectivity index (χ0) is 19.2. The number of benzene rings is 1. The molecule has 0 aromatic heterocycles. The van der Waals surface area contributed by atoms with E-state index in [4.69, 9.17) is 0 Å². The van der Waals surface area contributed by atoms with E-state index in [-0.39, 0.29) is 57.4 Å². The van der Waals surface area contributed by atoms with E-state index in [9.17, 15) is 13.2 Å². The van der Waals surface area contributed by atoms with Gasteiger partial charge in [0.05, 0.1) is 0 Å². The minimum Gasteiger partial charge on any atom is -0.307 e. The molecule has 1 saturated heterocycles. The fourth-order valence-electron chi connectivity index (χ4n) is 4.70. The molecule has 0 bridgehead atoms. The van der Waals surface area contributed by atoms with E-state index in [0.717, 1.165) is 57.2 Å². The number of carbonyl (C=O) groups excluding carboxylic acids is 1. The number of anilines is 1. The van der Waals surface area contributed by atoms with Crippen LogP contribution in [0.1, 0.15) is 41.5 Å². The molecular weight excluding hydrogens is 403 g/mol. The van der Waals surface area contributed by atoms with E-state index >= 15 is 0 Å². The van der Waals surface area contributed by atoms with Gasteiger partial charge in [-0.1, -0.05) is 6.07 Å². The van der Waals surface area contributed by atoms with Gasteiger partial charge >= 0.3 is 16.2 Å². The van der Waals surface area contributed by atoms with Crippen molar-refractivity contribution in [3.05, 3.63) is 28.3 Å². The van der Waals surface area contributed by atoms with E-state index in [2.05, 4.69) is 21.0 Å². The Morgan fingerprint density at radius 2 is 1.75 bits per heavy atom. The number of fused-ring (bicyclic) bond motifs is 2. The fourth-order valence-corrected chi connectivity index (χ4v) is 5.69. The Morgan fingerprint density at radius 3 is 2.29 bits per heavy atom. The van der Waals surface area contributed by atoms with Crippen LogP contribution in [0, 0.1) is 0 Å². The Morgan fingerprint density at radius 1 is 1.14 bits per heavy atom. The van der Waals surface area contributed by atoms with Crippen LogP contribution in [0.5, 0.6) is 0 Å². The number of nitrogens with one attached hydrogen (secondary N) is 2. The van der Waals surface area contributed by atoms with Gasteiger partial charge in [-0.05, 0) is 80.8 Å². The van der Waals surface area contributed by atoms with Gasteiger partial charge in [-0.25, -0.2) is 9.52 Å². The summed E-state index contributed by atoms with van der Waals surface area (Å²) in [4.78, 5) is 14.7. The van der Waals surface area contributed by atoms with E-state index in [1.807, 2.05) is 7.05 Å². The maximum atomic E-state index is 12.6. The quantitative estimate of drug-likeness (QED) is 0.704. The van der Waals surface area contributed by atoms with Crippen molar-refractivity contribution < 1.29 is 13.2 Å². The van der Waals surface area contributed by atoms with Crippen molar-refractivity contribution >= 4 is 73.3 Å². The molecule has 28 heavy (non-hydrogen) atoms. The minimum atomic E-state index is -3.87. The van der Waals surface area contributed by atoms with E-state index < -0.39 is 16.2 Å². The van der Waals surface area contributed by atoms with Gasteiger partial charge in [0.2, 0.25) is 0 Å². The van der Waals surface area contributed by atoms with Crippen LogP contribution in [0.3, 0.4) is 0 Å². The summed E-state index contributed by atoms with van der Waals surface area (Å²) in [5, 5.41) is 2.89. The molecule has 0 spiro atoms. The molecule has 1 aliphatic heterocycles. The summed E-state index contributed by atoms with van der Waals surface area (Å²) in [6, 6.07) is 1.52. The second-order valence-corrected chi connectivity index (χ2v) is 9.75. The third-order valence-corrected chi connectivity index (χ3v) is 7.69. The van der Waals surface area contributed by atoms with Gasteiger partial charge in [-0.2, -0.15) is 12.7 Å². The van der Waals surface area contributed by atoms with Crippen LogP contribution in [0.25, 0.3) is 0 Å². The summed E-state index contributed by atoms with van der Waals surface area (Å²) in [7, 11) is -0.362. The third kappa shape index (κ3) is 4.51. The summed E-state index contributed by atoms with van der Waals surface area (Å²) in [6.07, 6.45) is 6.91. The number of likely N-dealkylation sites (N-methyl/N-ethyl adjacent to an activating group) is 2. The van der Waals surface area contributed by atoms with Gasteiger partial charge in [-0.15, -0.1) is 0 Å². The molecule has 4 rings (SSSR count). The monoisotopic (exact) mass is 431 g/mol. The number of hydrogen-bond donors (Lipinski definition) is 2. The van der Waals surface area contributed by atoms with Gasteiger partial charge in [0, 0.05) is 76.7 Å². The first kappa shape index (κ1) is 22.7. The molecule has 2 amide bonds. The van der Waals surface area contributed by atoms with E-state index in [1.165, 1.54) is 33.6 Å². The normalized spacial score (nSPS) is 21.3. The summed E-state index contributed by atoms with van der Waals surface area (Å²) in [6.45, 7) is 1.54. The smallest absolute Gasteiger partial charge is 0.307 e. The van der Waals surface area contributed by atoms with Gasteiger partial charge < -0.3 is 10.2 Å². The zero-order valence-electron chi connectivity index (χ0n) is 17.0. The van der Waals surface area contributed by atoms with Crippen molar-refractivity contribution in [3.8, 4) is 0 Å². The van der Waals surface area contributed by atoms with Crippen LogP contribution in [0.15, 0.2) is 6.07 Å². The Kier molecular flexibility index (Phi) is 7.30. The molecule has 9 heteroatoms. The summed E-state index contributed by atoms with van der Waals surface area (Å²) >= 11 is 0. The Balaban J connectivity index is 0.00000225. The molecule has 0 unspecified atom stereocenters. The molecule has 2 N–H and O–H groups in total. The number of nitrogens with zero attached hydrogens (tertiary/aromatic N) is 2. The number of hydrogen-bond acceptors (Lipinski definition) is 4. The first-order valence-corrected chi connectivity index (χ1v) is 11.2. The summed E-state index contributed by atoms with van der Waals surface area (Å²) < 4.78 is 28.8. The number of likely N-dealkylation sites (tertiary alicyclic amines) is 1. The van der Waals surface area contributed by atoms with Crippen molar-refractivity contribution in [2.45, 2.75) is 51.0 Å².